The van der Waals surface area contributed by atoms with Crippen molar-refractivity contribution in [2.24, 2.45) is 5.92 Å². The van der Waals surface area contributed by atoms with Gasteiger partial charge in [0.25, 0.3) is 5.91 Å². The van der Waals surface area contributed by atoms with Gasteiger partial charge in [0.2, 0.25) is 0 Å². The first kappa shape index (κ1) is 18.3. The third kappa shape index (κ3) is 3.84. The monoisotopic (exact) mass is 372 g/mol. The van der Waals surface area contributed by atoms with E-state index >= 15 is 0 Å². The normalized spacial score (nSPS) is 13.7. The Bertz CT molecular complexity index is 875. The van der Waals surface area contributed by atoms with Gasteiger partial charge in [-0.15, -0.1) is 12.4 Å². The summed E-state index contributed by atoms with van der Waals surface area (Å²) in [6, 6.07) is 17.2. The Kier molecular flexibility index (Phi) is 5.81. The van der Waals surface area contributed by atoms with Crippen LogP contribution in [-0.4, -0.2) is 25.5 Å². The van der Waals surface area contributed by atoms with Crippen LogP contribution in [0.1, 0.15) is 16.1 Å². The molecule has 3 aromatic rings. The topological polar surface area (TPSA) is 63.5 Å². The van der Waals surface area contributed by atoms with Gasteiger partial charge < -0.3 is 19.8 Å². The Hall–Kier alpha value is -2.50. The second kappa shape index (κ2) is 8.25. The number of nitrogens with one attached hydrogen (secondary N) is 2. The van der Waals surface area contributed by atoms with Crippen molar-refractivity contribution in [1.29, 1.82) is 0 Å². The second-order valence-electron chi connectivity index (χ2n) is 6.24. The number of fused-ring (bicyclic) bond motifs is 1. The number of ether oxygens (including phenoxy) is 1. The molecule has 0 radical (unpaired) electrons. The number of halogens is 1. The molecule has 1 saturated heterocycles. The van der Waals surface area contributed by atoms with Gasteiger partial charge in [-0.2, -0.15) is 0 Å². The fraction of sp³-hybridized carbons (Fsp3) is 0.250. The summed E-state index contributed by atoms with van der Waals surface area (Å²) in [6.45, 7) is 2.84. The fourth-order valence-electron chi connectivity index (χ4n) is 2.91. The molecule has 4 rings (SSSR count). The van der Waals surface area contributed by atoms with Crippen molar-refractivity contribution in [2.75, 3.05) is 19.6 Å². The van der Waals surface area contributed by atoms with Crippen LogP contribution in [0, 0.1) is 5.92 Å². The van der Waals surface area contributed by atoms with E-state index < -0.39 is 0 Å². The number of amides is 1. The number of para-hydroxylation sites is 2. The average molecular weight is 373 g/mol. The predicted molar refractivity (Wildman–Crippen MR) is 103 cm³/mol. The third-order valence-corrected chi connectivity index (χ3v) is 4.45. The van der Waals surface area contributed by atoms with Crippen molar-refractivity contribution in [1.82, 2.24) is 10.6 Å². The van der Waals surface area contributed by atoms with Crippen LogP contribution in [0.2, 0.25) is 0 Å². The van der Waals surface area contributed by atoms with Gasteiger partial charge in [-0.25, -0.2) is 0 Å². The summed E-state index contributed by atoms with van der Waals surface area (Å²) in [5, 5.41) is 7.08. The van der Waals surface area contributed by atoms with Crippen LogP contribution in [-0.2, 0) is 6.61 Å². The summed E-state index contributed by atoms with van der Waals surface area (Å²) < 4.78 is 11.7. The summed E-state index contributed by atoms with van der Waals surface area (Å²) in [6.07, 6.45) is 0. The van der Waals surface area contributed by atoms with E-state index in [1.807, 2.05) is 54.6 Å². The molecule has 0 saturated carbocycles. The largest absolute Gasteiger partial charge is 0.489 e. The van der Waals surface area contributed by atoms with Gasteiger partial charge >= 0.3 is 0 Å². The zero-order valence-corrected chi connectivity index (χ0v) is 15.1. The zero-order chi connectivity index (χ0) is 17.1. The van der Waals surface area contributed by atoms with Crippen LogP contribution in [0.15, 0.2) is 59.0 Å². The lowest BCUT2D eigenvalue weighted by Gasteiger charge is -2.26. The molecule has 2 N–H and O–H groups in total. The molecule has 0 spiro atoms. The van der Waals surface area contributed by atoms with Crippen molar-refractivity contribution in [3.63, 3.8) is 0 Å². The maximum atomic E-state index is 12.6. The van der Waals surface area contributed by atoms with Crippen molar-refractivity contribution < 1.29 is 13.9 Å². The number of carbonyl (C=O) groups is 1. The quantitative estimate of drug-likeness (QED) is 0.696. The number of benzene rings is 2. The molecule has 0 atom stereocenters. The summed E-state index contributed by atoms with van der Waals surface area (Å²) in [4.78, 5) is 12.6. The molecule has 26 heavy (non-hydrogen) atoms. The number of hydrogen-bond acceptors (Lipinski definition) is 4. The van der Waals surface area contributed by atoms with Crippen LogP contribution in [0.25, 0.3) is 11.0 Å². The first-order valence-electron chi connectivity index (χ1n) is 8.48. The summed E-state index contributed by atoms with van der Waals surface area (Å²) in [5.74, 6) is 1.41. The number of furan rings is 1. The molecule has 1 aromatic heterocycles. The van der Waals surface area contributed by atoms with Gasteiger partial charge in [-0.05, 0) is 18.2 Å². The van der Waals surface area contributed by atoms with E-state index in [4.69, 9.17) is 9.15 Å². The fourth-order valence-corrected chi connectivity index (χ4v) is 2.91. The molecule has 0 aliphatic carbocycles. The lowest BCUT2D eigenvalue weighted by atomic mass is 10.0. The third-order valence-electron chi connectivity index (χ3n) is 4.45. The number of hydrogen-bond donors (Lipinski definition) is 2. The highest BCUT2D eigenvalue weighted by Crippen LogP contribution is 2.27. The standard InChI is InChI=1S/C20H20N2O3.ClH/c23-20(22-12-14-10-21-11-14)19-17(13-24-15-6-2-1-3-7-15)16-8-4-5-9-18(16)25-19;/h1-9,14,21H,10-13H2,(H,22,23);1H. The van der Waals surface area contributed by atoms with Gasteiger partial charge in [0, 0.05) is 36.5 Å². The molecule has 2 heterocycles. The molecule has 136 valence electrons. The Balaban J connectivity index is 0.00000196. The Labute approximate surface area is 158 Å². The van der Waals surface area contributed by atoms with E-state index in [-0.39, 0.29) is 24.9 Å². The van der Waals surface area contributed by atoms with Crippen LogP contribution < -0.4 is 15.4 Å². The van der Waals surface area contributed by atoms with Gasteiger partial charge in [0.15, 0.2) is 5.76 Å². The summed E-state index contributed by atoms with van der Waals surface area (Å²) >= 11 is 0. The first-order chi connectivity index (χ1) is 12.3. The molecule has 2 aromatic carbocycles. The smallest absolute Gasteiger partial charge is 0.287 e. The lowest BCUT2D eigenvalue weighted by Crippen LogP contribution is -2.48. The molecule has 1 fully saturated rings. The molecule has 1 aliphatic rings. The zero-order valence-electron chi connectivity index (χ0n) is 14.2. The van der Waals surface area contributed by atoms with Gasteiger partial charge in [-0.1, -0.05) is 36.4 Å². The van der Waals surface area contributed by atoms with E-state index in [2.05, 4.69) is 10.6 Å². The highest BCUT2D eigenvalue weighted by molar-refractivity contribution is 5.99. The predicted octanol–water partition coefficient (Wildman–Crippen LogP) is 3.38. The minimum Gasteiger partial charge on any atom is -0.489 e. The summed E-state index contributed by atoms with van der Waals surface area (Å²) in [7, 11) is 0. The SMILES string of the molecule is Cl.O=C(NCC1CNC1)c1oc2ccccc2c1COc1ccccc1. The molecule has 1 aliphatic heterocycles. The molecule has 5 nitrogen and oxygen atoms in total. The van der Waals surface area contributed by atoms with Crippen molar-refractivity contribution in [2.45, 2.75) is 6.61 Å². The highest BCUT2D eigenvalue weighted by atomic mass is 35.5. The van der Waals surface area contributed by atoms with Crippen LogP contribution in [0.5, 0.6) is 5.75 Å². The minimum atomic E-state index is -0.185. The first-order valence-corrected chi connectivity index (χ1v) is 8.48. The van der Waals surface area contributed by atoms with Crippen molar-refractivity contribution in [3.05, 3.63) is 65.9 Å². The van der Waals surface area contributed by atoms with Crippen LogP contribution in [0.4, 0.5) is 0 Å². The van der Waals surface area contributed by atoms with E-state index in [1.54, 1.807) is 0 Å². The van der Waals surface area contributed by atoms with Crippen LogP contribution in [0.3, 0.4) is 0 Å². The molecule has 0 bridgehead atoms. The highest BCUT2D eigenvalue weighted by Gasteiger charge is 2.23. The molecule has 6 heteroatoms. The molecular formula is C20H21ClN2O3. The van der Waals surface area contributed by atoms with Crippen molar-refractivity contribution >= 4 is 29.3 Å². The lowest BCUT2D eigenvalue weighted by molar-refractivity contribution is 0.0913. The Morgan fingerprint density at radius 1 is 1.12 bits per heavy atom. The second-order valence-corrected chi connectivity index (χ2v) is 6.24. The van der Waals surface area contributed by atoms with E-state index in [0.29, 0.717) is 23.8 Å². The summed E-state index contributed by atoms with van der Waals surface area (Å²) in [5.41, 5.74) is 1.48. The van der Waals surface area contributed by atoms with E-state index in [9.17, 15) is 4.79 Å². The maximum Gasteiger partial charge on any atom is 0.287 e. The molecule has 1 amide bonds. The number of carbonyl (C=O) groups excluding carboxylic acids is 1. The molecular weight excluding hydrogens is 352 g/mol. The van der Waals surface area contributed by atoms with Crippen LogP contribution >= 0.6 is 12.4 Å². The van der Waals surface area contributed by atoms with Gasteiger partial charge in [-0.3, -0.25) is 4.79 Å². The average Bonchev–Trinajstić information content (AvgIpc) is 2.98. The molecule has 0 unspecified atom stereocenters. The maximum absolute atomic E-state index is 12.6. The number of rotatable bonds is 6. The van der Waals surface area contributed by atoms with Gasteiger partial charge in [0.1, 0.15) is 17.9 Å². The van der Waals surface area contributed by atoms with Gasteiger partial charge in [0.05, 0.1) is 0 Å². The minimum absolute atomic E-state index is 0. The Morgan fingerprint density at radius 3 is 2.58 bits per heavy atom. The Morgan fingerprint density at radius 2 is 1.85 bits per heavy atom. The van der Waals surface area contributed by atoms with Crippen molar-refractivity contribution in [3.8, 4) is 5.75 Å². The van der Waals surface area contributed by atoms with E-state index in [1.165, 1.54) is 0 Å². The van der Waals surface area contributed by atoms with E-state index in [0.717, 1.165) is 29.8 Å².